The maximum absolute atomic E-state index is 10.7. The summed E-state index contributed by atoms with van der Waals surface area (Å²) in [5.41, 5.74) is -3.13. The topological polar surface area (TPSA) is 203 Å². The standard InChI is InChI=1S/C5H10O.C4H10O3.C4H8O2.C4H6O2.C3HCl2N3O3.CH4.ClH.I2.HI/c1-5-3-2-4-6-5;5-2-1-4(7)3-6;2*5-4-1-2-6-3-4;4-7-1(9)6-2(10)8(5)3(7)11;;;1-2;/h5H,2-4H2,1H3;4-7H,1-3H2;4-5H,1-3H2;1-3H2;(H,6,9,10);1H4;1H;;1H. The zero-order chi connectivity index (χ0) is 29.5. The fourth-order valence-corrected chi connectivity index (χ4v) is 2.66. The first kappa shape index (κ1) is 51.4. The Morgan fingerprint density at radius 2 is 1.59 bits per heavy atom. The van der Waals surface area contributed by atoms with Gasteiger partial charge in [0.2, 0.25) is 0 Å². The first-order valence-corrected chi connectivity index (χ1v) is 18.3. The summed E-state index contributed by atoms with van der Waals surface area (Å²) in [7, 11) is 0. The van der Waals surface area contributed by atoms with Crippen molar-refractivity contribution in [3.63, 3.8) is 0 Å². The number of nitrogens with one attached hydrogen (secondary N) is 1. The molecule has 0 aromatic carbocycles. The van der Waals surface area contributed by atoms with Crippen LogP contribution in [0, 0.1) is 0 Å². The van der Waals surface area contributed by atoms with Crippen LogP contribution >= 0.6 is 97.2 Å². The Balaban J connectivity index is -0.000000130. The van der Waals surface area contributed by atoms with Gasteiger partial charge in [0.1, 0.15) is 6.61 Å². The summed E-state index contributed by atoms with van der Waals surface area (Å²) in [5.74, 6) is 0.231. The van der Waals surface area contributed by atoms with Crippen LogP contribution in [0.25, 0.3) is 0 Å². The van der Waals surface area contributed by atoms with Crippen molar-refractivity contribution in [3.8, 4) is 0 Å². The number of halogens is 6. The SMILES string of the molecule is C.CC1CCCO1.Cl.I.II.O=C1CCOC1.O=c1[nH]c(=O)n(Cl)c(=O)n1Cl.OC1CCOC1.OCCC(O)CO. The number of aliphatic hydroxyl groups excluding tert-OH is 4. The van der Waals surface area contributed by atoms with Crippen LogP contribution in [0.4, 0.5) is 0 Å². The summed E-state index contributed by atoms with van der Waals surface area (Å²) >= 11 is 14.4. The molecule has 3 atom stereocenters. The second-order valence-corrected chi connectivity index (χ2v) is 8.29. The van der Waals surface area contributed by atoms with Crippen molar-refractivity contribution in [2.45, 2.75) is 64.8 Å². The molecule has 4 rings (SSSR count). The number of H-pyrrole nitrogens is 1. The van der Waals surface area contributed by atoms with Gasteiger partial charge in [-0.05, 0) is 32.6 Å². The van der Waals surface area contributed by atoms with Gasteiger partial charge in [-0.3, -0.25) is 9.78 Å². The van der Waals surface area contributed by atoms with Crippen molar-refractivity contribution in [2.24, 2.45) is 0 Å². The lowest BCUT2D eigenvalue weighted by Crippen LogP contribution is -2.43. The lowest BCUT2D eigenvalue weighted by Gasteiger charge is -2.00. The van der Waals surface area contributed by atoms with Crippen LogP contribution in [0.3, 0.4) is 0 Å². The van der Waals surface area contributed by atoms with Gasteiger partial charge in [-0.1, -0.05) is 7.43 Å². The van der Waals surface area contributed by atoms with Crippen molar-refractivity contribution < 1.29 is 39.4 Å². The molecular formula is C21H41Cl3I3N3O11. The maximum atomic E-state index is 10.7. The summed E-state index contributed by atoms with van der Waals surface area (Å²) in [6, 6.07) is 0. The Morgan fingerprint density at radius 3 is 1.78 bits per heavy atom. The van der Waals surface area contributed by atoms with Crippen LogP contribution in [0.2, 0.25) is 0 Å². The van der Waals surface area contributed by atoms with E-state index in [0.29, 0.717) is 32.3 Å². The average molecular weight is 999 g/mol. The molecule has 3 unspecified atom stereocenters. The van der Waals surface area contributed by atoms with Crippen LogP contribution in [-0.2, 0) is 19.0 Å². The number of ketones is 1. The van der Waals surface area contributed by atoms with Gasteiger partial charge in [-0.25, -0.2) is 14.4 Å². The Morgan fingerprint density at radius 1 is 1.02 bits per heavy atom. The zero-order valence-electron chi connectivity index (χ0n) is 21.6. The largest absolute Gasteiger partial charge is 0.396 e. The van der Waals surface area contributed by atoms with Crippen LogP contribution in [0.5, 0.6) is 0 Å². The van der Waals surface area contributed by atoms with E-state index in [4.69, 9.17) is 58.2 Å². The number of Topliss-reactive ketones (excluding diaryl/α,β-unsaturated/α-hetero) is 1. The highest BCUT2D eigenvalue weighted by Crippen LogP contribution is 2.09. The molecule has 248 valence electrons. The third-order valence-corrected chi connectivity index (χ3v) is 5.03. The first-order chi connectivity index (χ1) is 18.0. The third-order valence-electron chi connectivity index (χ3n) is 4.43. The van der Waals surface area contributed by atoms with E-state index in [1.165, 1.54) is 12.8 Å². The molecular weight excluding hydrogens is 957 g/mol. The maximum Gasteiger partial charge on any atom is 0.366 e. The van der Waals surface area contributed by atoms with Crippen molar-refractivity contribution in [1.29, 1.82) is 0 Å². The minimum absolute atomic E-state index is 0. The smallest absolute Gasteiger partial charge is 0.366 e. The van der Waals surface area contributed by atoms with Gasteiger partial charge in [0.05, 0.1) is 38.1 Å². The third kappa shape index (κ3) is 28.1. The number of aliphatic hydroxyl groups is 4. The Labute approximate surface area is 295 Å². The number of rotatable bonds is 3. The molecule has 14 nitrogen and oxygen atoms in total. The molecule has 0 amide bonds. The fourth-order valence-electron chi connectivity index (χ4n) is 2.39. The molecule has 0 spiro atoms. The second-order valence-electron chi connectivity index (χ2n) is 7.61. The number of nitrogens with zero attached hydrogens (tertiary/aromatic N) is 2. The number of hydrogen-bond acceptors (Lipinski definition) is 11. The molecule has 41 heavy (non-hydrogen) atoms. The quantitative estimate of drug-likeness (QED) is 0.277. The lowest BCUT2D eigenvalue weighted by molar-refractivity contribution is -0.117. The van der Waals surface area contributed by atoms with Crippen molar-refractivity contribution in [2.75, 3.05) is 46.2 Å². The molecule has 0 saturated carbocycles. The number of carbonyl (C=O) groups excluding carboxylic acids is 1. The molecule has 0 bridgehead atoms. The summed E-state index contributed by atoms with van der Waals surface area (Å²) in [4.78, 5) is 43.5. The first-order valence-electron chi connectivity index (χ1n) is 11.3. The number of aromatic nitrogens is 3. The predicted octanol–water partition coefficient (Wildman–Crippen LogP) is 1.80. The number of aromatic amines is 1. The van der Waals surface area contributed by atoms with Crippen LogP contribution in [-0.4, -0.2) is 104 Å². The number of carbonyl (C=O) groups is 1. The molecule has 0 aliphatic carbocycles. The molecule has 1 aromatic heterocycles. The van der Waals surface area contributed by atoms with E-state index in [-0.39, 0.29) is 83.5 Å². The zero-order valence-corrected chi connectivity index (χ0v) is 30.6. The molecule has 3 aliphatic heterocycles. The van der Waals surface area contributed by atoms with E-state index < -0.39 is 23.2 Å². The van der Waals surface area contributed by atoms with Crippen LogP contribution < -0.4 is 17.1 Å². The Hall–Kier alpha value is 0.860. The van der Waals surface area contributed by atoms with Crippen molar-refractivity contribution in [3.05, 3.63) is 31.5 Å². The summed E-state index contributed by atoms with van der Waals surface area (Å²) in [6.07, 6.45) is 3.86. The minimum atomic E-state index is -1.10. The minimum Gasteiger partial charge on any atom is -0.396 e. The Kier molecular flexibility index (Phi) is 42.3. The van der Waals surface area contributed by atoms with Gasteiger partial charge in [-0.2, -0.15) is 0 Å². The van der Waals surface area contributed by atoms with Crippen LogP contribution in [0.15, 0.2) is 14.4 Å². The van der Waals surface area contributed by atoms with Gasteiger partial charge in [0.25, 0.3) is 0 Å². The van der Waals surface area contributed by atoms with E-state index in [2.05, 4.69) is 44.2 Å². The molecule has 20 heteroatoms. The van der Waals surface area contributed by atoms with Gasteiger partial charge in [0.15, 0.2) is 5.78 Å². The molecule has 1 aromatic rings. The van der Waals surface area contributed by atoms with E-state index in [9.17, 15) is 19.2 Å². The molecule has 3 saturated heterocycles. The van der Waals surface area contributed by atoms with Gasteiger partial charge in [0, 0.05) is 87.0 Å². The monoisotopic (exact) mass is 997 g/mol. The van der Waals surface area contributed by atoms with E-state index in [1.807, 2.05) is 0 Å². The van der Waals surface area contributed by atoms with E-state index in [1.54, 1.807) is 4.98 Å². The molecule has 3 fully saturated rings. The highest BCUT2D eigenvalue weighted by atomic mass is 128. The molecule has 0 radical (unpaired) electrons. The summed E-state index contributed by atoms with van der Waals surface area (Å²) in [5, 5.41) is 33.3. The molecule has 4 heterocycles. The number of hydrogen-bond donors (Lipinski definition) is 5. The van der Waals surface area contributed by atoms with Crippen molar-refractivity contribution >= 4 is 103 Å². The highest BCUT2D eigenvalue weighted by molar-refractivity contribution is 15.0. The van der Waals surface area contributed by atoms with E-state index >= 15 is 0 Å². The predicted molar refractivity (Wildman–Crippen MR) is 187 cm³/mol. The summed E-state index contributed by atoms with van der Waals surface area (Å²) in [6.45, 7) is 5.04. The van der Waals surface area contributed by atoms with E-state index in [0.717, 1.165) is 19.6 Å². The van der Waals surface area contributed by atoms with Crippen LogP contribution in [0.1, 0.15) is 46.5 Å². The van der Waals surface area contributed by atoms with Gasteiger partial charge in [-0.15, -0.1) is 44.6 Å². The average Bonchev–Trinajstić information content (AvgIpc) is 3.70. The Bertz CT molecular complexity index is 855. The molecule has 3 aliphatic rings. The molecule has 5 N–H and O–H groups in total. The fraction of sp³-hybridized carbons (Fsp3) is 0.810. The normalized spacial score (nSPS) is 18.6. The van der Waals surface area contributed by atoms with Gasteiger partial charge < -0.3 is 34.6 Å². The summed E-state index contributed by atoms with van der Waals surface area (Å²) < 4.78 is 15.0. The number of ether oxygens (including phenoxy) is 3. The van der Waals surface area contributed by atoms with Crippen molar-refractivity contribution in [1.82, 2.24) is 13.2 Å². The highest BCUT2D eigenvalue weighted by Gasteiger charge is 2.10. The second kappa shape index (κ2) is 33.7. The lowest BCUT2D eigenvalue weighted by atomic mass is 10.3. The van der Waals surface area contributed by atoms with Gasteiger partial charge >= 0.3 is 17.1 Å².